The molecule has 1 fully saturated rings. The summed E-state index contributed by atoms with van der Waals surface area (Å²) >= 11 is 0. The molecule has 2 aromatic rings. The third kappa shape index (κ3) is 3.94. The number of aromatic nitrogens is 2. The molecule has 1 aliphatic heterocycles. The molecule has 0 spiro atoms. The Balaban J connectivity index is 1.70. The van der Waals surface area contributed by atoms with E-state index in [9.17, 15) is 8.78 Å². The molecule has 1 atom stereocenters. The summed E-state index contributed by atoms with van der Waals surface area (Å²) in [4.78, 5) is 10.9. The first kappa shape index (κ1) is 16.9. The minimum Gasteiger partial charge on any atom is -0.377 e. The molecule has 1 aromatic heterocycles. The van der Waals surface area contributed by atoms with Gasteiger partial charge in [-0.2, -0.15) is 0 Å². The molecular weight excluding hydrogens is 312 g/mol. The standard InChI is InChI=1S/C18H21F2N3O/c1-24-12-17-21-8-7-16(22-17)13-5-3-9-23(10-13)11-14-4-2-6-15(19)18(14)20/h2,4,6-8,13H,3,5,9-12H2,1H3/t13-/m1/s1. The molecule has 0 radical (unpaired) electrons. The number of rotatable bonds is 5. The van der Waals surface area contributed by atoms with Gasteiger partial charge in [0.2, 0.25) is 0 Å². The van der Waals surface area contributed by atoms with E-state index in [1.54, 1.807) is 25.4 Å². The van der Waals surface area contributed by atoms with Crippen molar-refractivity contribution in [3.8, 4) is 0 Å². The number of ether oxygens (including phenoxy) is 1. The van der Waals surface area contributed by atoms with Crippen LogP contribution in [0.1, 0.15) is 35.8 Å². The van der Waals surface area contributed by atoms with Crippen molar-refractivity contribution in [2.24, 2.45) is 0 Å². The summed E-state index contributed by atoms with van der Waals surface area (Å²) in [6, 6.07) is 6.27. The molecule has 128 valence electrons. The second-order valence-electron chi connectivity index (χ2n) is 6.12. The third-order valence-corrected chi connectivity index (χ3v) is 4.35. The van der Waals surface area contributed by atoms with Gasteiger partial charge in [-0.15, -0.1) is 0 Å². The summed E-state index contributed by atoms with van der Waals surface area (Å²) in [6.07, 6.45) is 3.79. The number of methoxy groups -OCH3 is 1. The third-order valence-electron chi connectivity index (χ3n) is 4.35. The van der Waals surface area contributed by atoms with Gasteiger partial charge in [-0.05, 0) is 31.5 Å². The molecule has 0 aliphatic carbocycles. The van der Waals surface area contributed by atoms with Crippen LogP contribution >= 0.6 is 0 Å². The zero-order chi connectivity index (χ0) is 16.9. The normalized spacial score (nSPS) is 18.7. The first-order chi connectivity index (χ1) is 11.7. The van der Waals surface area contributed by atoms with Crippen LogP contribution < -0.4 is 0 Å². The summed E-state index contributed by atoms with van der Waals surface area (Å²) in [5.41, 5.74) is 1.39. The number of likely N-dealkylation sites (tertiary alicyclic amines) is 1. The molecule has 2 heterocycles. The Morgan fingerprint density at radius 3 is 3.00 bits per heavy atom. The number of nitrogens with zero attached hydrogens (tertiary/aromatic N) is 3. The summed E-state index contributed by atoms with van der Waals surface area (Å²) < 4.78 is 32.3. The lowest BCUT2D eigenvalue weighted by Crippen LogP contribution is -2.34. The second-order valence-corrected chi connectivity index (χ2v) is 6.12. The fraction of sp³-hybridized carbons (Fsp3) is 0.444. The predicted molar refractivity (Wildman–Crippen MR) is 86.4 cm³/mol. The van der Waals surface area contributed by atoms with Crippen molar-refractivity contribution in [1.29, 1.82) is 0 Å². The Kier molecular flexibility index (Phi) is 5.48. The van der Waals surface area contributed by atoms with Gasteiger partial charge in [-0.3, -0.25) is 4.90 Å². The van der Waals surface area contributed by atoms with Crippen molar-refractivity contribution in [2.75, 3.05) is 20.2 Å². The highest BCUT2D eigenvalue weighted by Gasteiger charge is 2.23. The Hall–Kier alpha value is -1.92. The Bertz CT molecular complexity index is 696. The molecule has 4 nitrogen and oxygen atoms in total. The highest BCUT2D eigenvalue weighted by Crippen LogP contribution is 2.27. The van der Waals surface area contributed by atoms with Crippen LogP contribution in [0.2, 0.25) is 0 Å². The van der Waals surface area contributed by atoms with E-state index in [0.29, 0.717) is 24.5 Å². The molecular formula is C18H21F2N3O. The molecule has 0 unspecified atom stereocenters. The fourth-order valence-electron chi connectivity index (χ4n) is 3.19. The van der Waals surface area contributed by atoms with Gasteiger partial charge >= 0.3 is 0 Å². The quantitative estimate of drug-likeness (QED) is 0.842. The van der Waals surface area contributed by atoms with Crippen molar-refractivity contribution >= 4 is 0 Å². The molecule has 1 aromatic carbocycles. The fourth-order valence-corrected chi connectivity index (χ4v) is 3.19. The lowest BCUT2D eigenvalue weighted by molar-refractivity contribution is 0.175. The lowest BCUT2D eigenvalue weighted by Gasteiger charge is -2.32. The summed E-state index contributed by atoms with van der Waals surface area (Å²) in [5, 5.41) is 0. The van der Waals surface area contributed by atoms with E-state index in [-0.39, 0.29) is 5.92 Å². The van der Waals surface area contributed by atoms with Crippen molar-refractivity contribution in [1.82, 2.24) is 14.9 Å². The summed E-state index contributed by atoms with van der Waals surface area (Å²) in [6.45, 7) is 2.46. The smallest absolute Gasteiger partial charge is 0.163 e. The van der Waals surface area contributed by atoms with Crippen LogP contribution in [0.25, 0.3) is 0 Å². The van der Waals surface area contributed by atoms with E-state index in [2.05, 4.69) is 14.9 Å². The van der Waals surface area contributed by atoms with Crippen molar-refractivity contribution in [2.45, 2.75) is 31.9 Å². The van der Waals surface area contributed by atoms with Crippen LogP contribution in [-0.4, -0.2) is 35.1 Å². The zero-order valence-corrected chi connectivity index (χ0v) is 13.7. The average Bonchev–Trinajstić information content (AvgIpc) is 2.60. The van der Waals surface area contributed by atoms with E-state index in [1.165, 1.54) is 0 Å². The van der Waals surface area contributed by atoms with Crippen molar-refractivity contribution in [3.63, 3.8) is 0 Å². The Morgan fingerprint density at radius 2 is 2.17 bits per heavy atom. The van der Waals surface area contributed by atoms with Gasteiger partial charge in [0, 0.05) is 43.6 Å². The van der Waals surface area contributed by atoms with Gasteiger partial charge in [-0.25, -0.2) is 18.7 Å². The topological polar surface area (TPSA) is 38.2 Å². The lowest BCUT2D eigenvalue weighted by atomic mass is 9.94. The average molecular weight is 333 g/mol. The van der Waals surface area contributed by atoms with E-state index in [0.717, 1.165) is 37.7 Å². The van der Waals surface area contributed by atoms with Crippen molar-refractivity contribution in [3.05, 3.63) is 59.2 Å². The number of hydrogen-bond donors (Lipinski definition) is 0. The monoisotopic (exact) mass is 333 g/mol. The minimum atomic E-state index is -0.791. The SMILES string of the molecule is COCc1nccc([C@@H]2CCCN(Cc3cccc(F)c3F)C2)n1. The highest BCUT2D eigenvalue weighted by molar-refractivity contribution is 5.19. The van der Waals surface area contributed by atoms with E-state index in [4.69, 9.17) is 4.74 Å². The molecule has 0 amide bonds. The van der Waals surface area contributed by atoms with Crippen LogP contribution in [0.5, 0.6) is 0 Å². The summed E-state index contributed by atoms with van der Waals surface area (Å²) in [7, 11) is 1.62. The summed E-state index contributed by atoms with van der Waals surface area (Å²) in [5.74, 6) is -0.595. The van der Waals surface area contributed by atoms with Gasteiger partial charge in [0.1, 0.15) is 6.61 Å². The number of halogens is 2. The van der Waals surface area contributed by atoms with Gasteiger partial charge in [-0.1, -0.05) is 12.1 Å². The maximum absolute atomic E-state index is 13.9. The molecule has 3 rings (SSSR count). The molecule has 0 N–H and O–H groups in total. The highest BCUT2D eigenvalue weighted by atomic mass is 19.2. The number of benzene rings is 1. The number of piperidine rings is 1. The van der Waals surface area contributed by atoms with E-state index < -0.39 is 11.6 Å². The van der Waals surface area contributed by atoms with Crippen LogP contribution in [0.4, 0.5) is 8.78 Å². The van der Waals surface area contributed by atoms with E-state index in [1.807, 2.05) is 6.07 Å². The maximum atomic E-state index is 13.9. The van der Waals surface area contributed by atoms with Gasteiger partial charge in [0.05, 0.1) is 0 Å². The molecule has 0 saturated carbocycles. The van der Waals surface area contributed by atoms with E-state index >= 15 is 0 Å². The molecule has 6 heteroatoms. The van der Waals surface area contributed by atoms with Gasteiger partial charge < -0.3 is 4.74 Å². The largest absolute Gasteiger partial charge is 0.377 e. The Morgan fingerprint density at radius 1 is 1.29 bits per heavy atom. The van der Waals surface area contributed by atoms with Crippen LogP contribution in [-0.2, 0) is 17.9 Å². The first-order valence-electron chi connectivity index (χ1n) is 8.13. The van der Waals surface area contributed by atoms with Gasteiger partial charge in [0.25, 0.3) is 0 Å². The van der Waals surface area contributed by atoms with Crippen LogP contribution in [0, 0.1) is 11.6 Å². The van der Waals surface area contributed by atoms with Crippen LogP contribution in [0.15, 0.2) is 30.5 Å². The van der Waals surface area contributed by atoms with Crippen molar-refractivity contribution < 1.29 is 13.5 Å². The Labute approximate surface area is 140 Å². The first-order valence-corrected chi connectivity index (χ1v) is 8.13. The zero-order valence-electron chi connectivity index (χ0n) is 13.7. The molecule has 24 heavy (non-hydrogen) atoms. The van der Waals surface area contributed by atoms with Gasteiger partial charge in [0.15, 0.2) is 17.5 Å². The second kappa shape index (κ2) is 7.77. The molecule has 0 bridgehead atoms. The number of hydrogen-bond acceptors (Lipinski definition) is 4. The molecule has 1 saturated heterocycles. The molecule has 1 aliphatic rings. The minimum absolute atomic E-state index is 0.272. The predicted octanol–water partition coefficient (Wildman–Crippen LogP) is 3.28. The maximum Gasteiger partial charge on any atom is 0.163 e. The van der Waals surface area contributed by atoms with Crippen LogP contribution in [0.3, 0.4) is 0 Å².